The summed E-state index contributed by atoms with van der Waals surface area (Å²) in [7, 11) is 0. The van der Waals surface area contributed by atoms with Crippen molar-refractivity contribution in [2.24, 2.45) is 0 Å². The lowest BCUT2D eigenvalue weighted by atomic mass is 10.0. The van der Waals surface area contributed by atoms with Gasteiger partial charge in [0.05, 0.1) is 6.04 Å². The third-order valence-electron chi connectivity index (χ3n) is 2.47. The summed E-state index contributed by atoms with van der Waals surface area (Å²) in [6.45, 7) is 4.54. The number of alkyl carbamates (subject to hydrolysis) is 1. The van der Waals surface area contributed by atoms with Crippen molar-refractivity contribution in [3.63, 3.8) is 0 Å². The summed E-state index contributed by atoms with van der Waals surface area (Å²) in [6.07, 6.45) is -0.324. The van der Waals surface area contributed by atoms with Gasteiger partial charge in [-0.3, -0.25) is 0 Å². The third-order valence-corrected chi connectivity index (χ3v) is 2.47. The SMILES string of the molecule is Cc1ccc([C@@H]2COC(=O)N2)c(C)c1.Cl. The Morgan fingerprint density at radius 3 is 2.67 bits per heavy atom. The summed E-state index contributed by atoms with van der Waals surface area (Å²) in [4.78, 5) is 10.9. The average Bonchev–Trinajstić information content (AvgIpc) is 2.51. The van der Waals surface area contributed by atoms with Crippen molar-refractivity contribution in [1.29, 1.82) is 0 Å². The molecule has 1 aromatic carbocycles. The van der Waals surface area contributed by atoms with Crippen molar-refractivity contribution in [2.45, 2.75) is 19.9 Å². The molecule has 82 valence electrons. The first kappa shape index (κ1) is 11.9. The fraction of sp³-hybridized carbons (Fsp3) is 0.364. The highest BCUT2D eigenvalue weighted by Gasteiger charge is 2.24. The van der Waals surface area contributed by atoms with Crippen molar-refractivity contribution < 1.29 is 9.53 Å². The molecule has 0 spiro atoms. The van der Waals surface area contributed by atoms with Crippen LogP contribution in [0.3, 0.4) is 0 Å². The number of aryl methyl sites for hydroxylation is 2. The number of benzene rings is 1. The Kier molecular flexibility index (Phi) is 3.58. The van der Waals surface area contributed by atoms with Gasteiger partial charge in [-0.15, -0.1) is 12.4 Å². The van der Waals surface area contributed by atoms with Crippen LogP contribution in [-0.4, -0.2) is 12.7 Å². The van der Waals surface area contributed by atoms with Gasteiger partial charge in [0.1, 0.15) is 6.61 Å². The Bertz CT molecular complexity index is 379. The average molecular weight is 228 g/mol. The van der Waals surface area contributed by atoms with Crippen molar-refractivity contribution in [3.05, 3.63) is 34.9 Å². The maximum atomic E-state index is 10.9. The second-order valence-electron chi connectivity index (χ2n) is 3.66. The van der Waals surface area contributed by atoms with Crippen LogP contribution in [-0.2, 0) is 4.74 Å². The van der Waals surface area contributed by atoms with E-state index in [1.165, 1.54) is 11.1 Å². The maximum absolute atomic E-state index is 10.9. The molecule has 1 atom stereocenters. The van der Waals surface area contributed by atoms with E-state index in [4.69, 9.17) is 4.74 Å². The summed E-state index contributed by atoms with van der Waals surface area (Å²) in [5, 5.41) is 2.77. The Morgan fingerprint density at radius 2 is 2.13 bits per heavy atom. The summed E-state index contributed by atoms with van der Waals surface area (Å²) >= 11 is 0. The van der Waals surface area contributed by atoms with Crippen LogP contribution in [0.4, 0.5) is 4.79 Å². The molecule has 0 radical (unpaired) electrons. The van der Waals surface area contributed by atoms with E-state index in [1.807, 2.05) is 19.1 Å². The zero-order valence-electron chi connectivity index (χ0n) is 8.74. The van der Waals surface area contributed by atoms with Crippen molar-refractivity contribution in [1.82, 2.24) is 5.32 Å². The summed E-state index contributed by atoms with van der Waals surface area (Å²) in [5.74, 6) is 0. The maximum Gasteiger partial charge on any atom is 0.407 e. The first-order valence-electron chi connectivity index (χ1n) is 4.67. The molecule has 1 aliphatic heterocycles. The Hall–Kier alpha value is -1.22. The van der Waals surface area contributed by atoms with Crippen LogP contribution >= 0.6 is 12.4 Å². The van der Waals surface area contributed by atoms with Gasteiger partial charge in [0.25, 0.3) is 0 Å². The van der Waals surface area contributed by atoms with Gasteiger partial charge in [0.2, 0.25) is 0 Å². The lowest BCUT2D eigenvalue weighted by Gasteiger charge is -2.11. The van der Waals surface area contributed by atoms with Gasteiger partial charge < -0.3 is 10.1 Å². The van der Waals surface area contributed by atoms with Gasteiger partial charge in [-0.2, -0.15) is 0 Å². The standard InChI is InChI=1S/C11H13NO2.ClH/c1-7-3-4-9(8(2)5-7)10-6-14-11(13)12-10;/h3-5,10H,6H2,1-2H3,(H,12,13);1H/t10-;/m0./s1. The number of ether oxygens (including phenoxy) is 1. The van der Waals surface area contributed by atoms with Crippen LogP contribution in [0.5, 0.6) is 0 Å². The molecule has 1 heterocycles. The van der Waals surface area contributed by atoms with Crippen LogP contribution < -0.4 is 5.32 Å². The van der Waals surface area contributed by atoms with E-state index in [-0.39, 0.29) is 24.5 Å². The molecule has 2 rings (SSSR count). The van der Waals surface area contributed by atoms with E-state index < -0.39 is 0 Å². The molecule has 1 aliphatic rings. The molecule has 1 amide bonds. The van der Waals surface area contributed by atoms with Crippen molar-refractivity contribution in [3.8, 4) is 0 Å². The lowest BCUT2D eigenvalue weighted by molar-refractivity contribution is 0.177. The van der Waals surface area contributed by atoms with E-state index in [0.717, 1.165) is 5.56 Å². The lowest BCUT2D eigenvalue weighted by Crippen LogP contribution is -2.19. The molecule has 4 heteroatoms. The monoisotopic (exact) mass is 227 g/mol. The molecule has 0 aromatic heterocycles. The molecule has 0 bridgehead atoms. The number of rotatable bonds is 1. The molecule has 0 unspecified atom stereocenters. The van der Waals surface area contributed by atoms with Crippen LogP contribution in [0.15, 0.2) is 18.2 Å². The highest BCUT2D eigenvalue weighted by atomic mass is 35.5. The number of hydrogen-bond acceptors (Lipinski definition) is 2. The predicted molar refractivity (Wildman–Crippen MR) is 60.4 cm³/mol. The smallest absolute Gasteiger partial charge is 0.407 e. The van der Waals surface area contributed by atoms with Gasteiger partial charge >= 0.3 is 6.09 Å². The summed E-state index contributed by atoms with van der Waals surface area (Å²) in [5.41, 5.74) is 3.57. The zero-order chi connectivity index (χ0) is 10.1. The molecular weight excluding hydrogens is 214 g/mol. The minimum absolute atomic E-state index is 0. The predicted octanol–water partition coefficient (Wildman–Crippen LogP) is 2.51. The molecule has 3 nitrogen and oxygen atoms in total. The molecule has 1 aromatic rings. The second kappa shape index (κ2) is 4.53. The van der Waals surface area contributed by atoms with Crippen LogP contribution in [0, 0.1) is 13.8 Å². The fourth-order valence-electron chi connectivity index (χ4n) is 1.77. The van der Waals surface area contributed by atoms with E-state index >= 15 is 0 Å². The minimum Gasteiger partial charge on any atom is -0.447 e. The van der Waals surface area contributed by atoms with E-state index in [0.29, 0.717) is 6.61 Å². The Labute approximate surface area is 95.2 Å². The number of amides is 1. The summed E-state index contributed by atoms with van der Waals surface area (Å²) in [6, 6.07) is 6.22. The Morgan fingerprint density at radius 1 is 1.40 bits per heavy atom. The van der Waals surface area contributed by atoms with Crippen LogP contribution in [0.2, 0.25) is 0 Å². The zero-order valence-corrected chi connectivity index (χ0v) is 9.56. The molecule has 1 saturated heterocycles. The number of halogens is 1. The highest BCUT2D eigenvalue weighted by Crippen LogP contribution is 2.22. The topological polar surface area (TPSA) is 38.3 Å². The largest absolute Gasteiger partial charge is 0.447 e. The molecule has 0 aliphatic carbocycles. The minimum atomic E-state index is -0.324. The van der Waals surface area contributed by atoms with Crippen LogP contribution in [0.25, 0.3) is 0 Å². The molecular formula is C11H14ClNO2. The first-order chi connectivity index (χ1) is 6.66. The van der Waals surface area contributed by atoms with Gasteiger partial charge in [-0.1, -0.05) is 23.8 Å². The van der Waals surface area contributed by atoms with Gasteiger partial charge in [0.15, 0.2) is 0 Å². The van der Waals surface area contributed by atoms with Gasteiger partial charge in [-0.05, 0) is 25.0 Å². The number of carbonyl (C=O) groups excluding carboxylic acids is 1. The van der Waals surface area contributed by atoms with Crippen LogP contribution in [0.1, 0.15) is 22.7 Å². The number of hydrogen-bond donors (Lipinski definition) is 1. The fourth-order valence-corrected chi connectivity index (χ4v) is 1.77. The van der Waals surface area contributed by atoms with Gasteiger partial charge in [-0.25, -0.2) is 4.79 Å². The van der Waals surface area contributed by atoms with Crippen molar-refractivity contribution >= 4 is 18.5 Å². The number of cyclic esters (lactones) is 1. The number of nitrogens with one attached hydrogen (secondary N) is 1. The van der Waals surface area contributed by atoms with E-state index in [1.54, 1.807) is 0 Å². The first-order valence-corrected chi connectivity index (χ1v) is 4.67. The highest BCUT2D eigenvalue weighted by molar-refractivity contribution is 5.85. The second-order valence-corrected chi connectivity index (χ2v) is 3.66. The molecule has 0 saturated carbocycles. The molecule has 15 heavy (non-hydrogen) atoms. The van der Waals surface area contributed by atoms with E-state index in [9.17, 15) is 4.79 Å². The van der Waals surface area contributed by atoms with Gasteiger partial charge in [0, 0.05) is 0 Å². The van der Waals surface area contributed by atoms with E-state index in [2.05, 4.69) is 18.3 Å². The molecule has 1 N–H and O–H groups in total. The quantitative estimate of drug-likeness (QED) is 0.801. The third kappa shape index (κ3) is 2.42. The number of carbonyl (C=O) groups is 1. The Balaban J connectivity index is 0.00000112. The molecule has 1 fully saturated rings. The van der Waals surface area contributed by atoms with Crippen molar-refractivity contribution in [2.75, 3.05) is 6.61 Å². The summed E-state index contributed by atoms with van der Waals surface area (Å²) < 4.78 is 4.86. The normalized spacial score (nSPS) is 19.1.